The van der Waals surface area contributed by atoms with E-state index in [2.05, 4.69) is 44.1 Å². The lowest BCUT2D eigenvalue weighted by atomic mass is 10.1. The minimum atomic E-state index is 0.572. The van der Waals surface area contributed by atoms with E-state index in [1.165, 1.54) is 18.4 Å². The number of nitrogens with zero attached hydrogens (tertiary/aromatic N) is 1. The molecule has 18 heavy (non-hydrogen) atoms. The van der Waals surface area contributed by atoms with Crippen LogP contribution in [0.3, 0.4) is 0 Å². The summed E-state index contributed by atoms with van der Waals surface area (Å²) in [6.45, 7) is 8.62. The molecule has 2 rings (SSSR count). The van der Waals surface area contributed by atoms with E-state index in [0.717, 1.165) is 24.9 Å². The summed E-state index contributed by atoms with van der Waals surface area (Å²) >= 11 is 0. The molecule has 0 aliphatic heterocycles. The zero-order valence-electron chi connectivity index (χ0n) is 12.1. The molecule has 102 valence electrons. The molecule has 3 nitrogen and oxygen atoms in total. The largest absolute Gasteiger partial charge is 0.468 e. The van der Waals surface area contributed by atoms with Crippen LogP contribution in [0.4, 0.5) is 0 Å². The van der Waals surface area contributed by atoms with Gasteiger partial charge in [0.15, 0.2) is 0 Å². The van der Waals surface area contributed by atoms with Gasteiger partial charge in [0, 0.05) is 24.2 Å². The minimum Gasteiger partial charge on any atom is -0.468 e. The Kier molecular flexibility index (Phi) is 4.46. The Morgan fingerprint density at radius 1 is 1.39 bits per heavy atom. The first-order chi connectivity index (χ1) is 8.56. The molecule has 1 aliphatic rings. The molecule has 1 saturated carbocycles. The molecule has 0 amide bonds. The lowest BCUT2D eigenvalue weighted by molar-refractivity contribution is 0.187. The van der Waals surface area contributed by atoms with Crippen LogP contribution in [0.15, 0.2) is 16.7 Å². The van der Waals surface area contributed by atoms with Crippen molar-refractivity contribution in [2.24, 2.45) is 5.92 Å². The van der Waals surface area contributed by atoms with Gasteiger partial charge in [-0.25, -0.2) is 0 Å². The predicted molar refractivity (Wildman–Crippen MR) is 74.3 cm³/mol. The van der Waals surface area contributed by atoms with Gasteiger partial charge in [0.25, 0.3) is 0 Å². The summed E-state index contributed by atoms with van der Waals surface area (Å²) in [5.41, 5.74) is 1.27. The molecule has 1 atom stereocenters. The van der Waals surface area contributed by atoms with Gasteiger partial charge in [-0.15, -0.1) is 0 Å². The van der Waals surface area contributed by atoms with Gasteiger partial charge in [-0.05, 0) is 38.8 Å². The lowest BCUT2D eigenvalue weighted by Gasteiger charge is -2.26. The Hall–Kier alpha value is -0.800. The summed E-state index contributed by atoms with van der Waals surface area (Å²) < 4.78 is 5.64. The number of hydrogen-bond acceptors (Lipinski definition) is 3. The summed E-state index contributed by atoms with van der Waals surface area (Å²) in [5.74, 6) is 1.73. The van der Waals surface area contributed by atoms with Crippen molar-refractivity contribution in [2.45, 2.75) is 58.8 Å². The zero-order chi connectivity index (χ0) is 13.1. The van der Waals surface area contributed by atoms with E-state index >= 15 is 0 Å². The van der Waals surface area contributed by atoms with Crippen LogP contribution in [0, 0.1) is 5.92 Å². The molecule has 1 aromatic rings. The van der Waals surface area contributed by atoms with Crippen LogP contribution >= 0.6 is 0 Å². The summed E-state index contributed by atoms with van der Waals surface area (Å²) in [6.07, 6.45) is 4.55. The average Bonchev–Trinajstić information content (AvgIpc) is 3.06. The fourth-order valence-corrected chi connectivity index (χ4v) is 2.05. The highest BCUT2D eigenvalue weighted by molar-refractivity contribution is 5.13. The SMILES string of the molecule is CC(C)C(C)N(C)Cc1cc(CNC2CC2)co1. The third-order valence-corrected chi connectivity index (χ3v) is 3.95. The standard InChI is InChI=1S/C15H26N2O/c1-11(2)12(3)17(4)9-15-7-13(10-18-15)8-16-14-5-6-14/h7,10-12,14,16H,5-6,8-9H2,1-4H3. The highest BCUT2D eigenvalue weighted by Gasteiger charge is 2.20. The Balaban J connectivity index is 1.81. The fourth-order valence-electron chi connectivity index (χ4n) is 2.05. The Morgan fingerprint density at radius 3 is 2.72 bits per heavy atom. The van der Waals surface area contributed by atoms with Crippen molar-refractivity contribution >= 4 is 0 Å². The molecule has 0 bridgehead atoms. The van der Waals surface area contributed by atoms with Crippen LogP contribution in [0.5, 0.6) is 0 Å². The number of nitrogens with one attached hydrogen (secondary N) is 1. The van der Waals surface area contributed by atoms with Gasteiger partial charge < -0.3 is 9.73 Å². The molecule has 1 unspecified atom stereocenters. The predicted octanol–water partition coefficient (Wildman–Crippen LogP) is 3.01. The third kappa shape index (κ3) is 3.85. The van der Waals surface area contributed by atoms with E-state index in [4.69, 9.17) is 4.42 Å². The molecule has 1 N–H and O–H groups in total. The normalized spacial score (nSPS) is 17.7. The summed E-state index contributed by atoms with van der Waals surface area (Å²) in [4.78, 5) is 2.35. The van der Waals surface area contributed by atoms with Crippen LogP contribution in [-0.2, 0) is 13.1 Å². The quantitative estimate of drug-likeness (QED) is 0.806. The van der Waals surface area contributed by atoms with Gasteiger partial charge in [0.2, 0.25) is 0 Å². The second-order valence-electron chi connectivity index (χ2n) is 5.98. The molecule has 1 aromatic heterocycles. The summed E-state index contributed by atoms with van der Waals surface area (Å²) in [7, 11) is 2.16. The number of rotatable bonds is 7. The maximum atomic E-state index is 5.64. The van der Waals surface area contributed by atoms with Crippen molar-refractivity contribution in [3.05, 3.63) is 23.7 Å². The van der Waals surface area contributed by atoms with Gasteiger partial charge in [-0.1, -0.05) is 13.8 Å². The van der Waals surface area contributed by atoms with E-state index in [-0.39, 0.29) is 0 Å². The third-order valence-electron chi connectivity index (χ3n) is 3.95. The first kappa shape index (κ1) is 13.6. The second kappa shape index (κ2) is 5.89. The highest BCUT2D eigenvalue weighted by Crippen LogP contribution is 2.20. The van der Waals surface area contributed by atoms with Crippen LogP contribution in [-0.4, -0.2) is 24.0 Å². The molecule has 1 fully saturated rings. The van der Waals surface area contributed by atoms with Gasteiger partial charge in [0.05, 0.1) is 12.8 Å². The second-order valence-corrected chi connectivity index (χ2v) is 5.98. The Bertz CT molecular complexity index is 368. The van der Waals surface area contributed by atoms with Crippen molar-refractivity contribution in [1.82, 2.24) is 10.2 Å². The smallest absolute Gasteiger partial charge is 0.118 e. The molecule has 0 spiro atoms. The number of furan rings is 1. The van der Waals surface area contributed by atoms with Crippen molar-refractivity contribution in [3.63, 3.8) is 0 Å². The van der Waals surface area contributed by atoms with Crippen LogP contribution in [0.1, 0.15) is 44.9 Å². The van der Waals surface area contributed by atoms with E-state index in [1.54, 1.807) is 0 Å². The zero-order valence-corrected chi connectivity index (χ0v) is 12.1. The van der Waals surface area contributed by atoms with Crippen molar-refractivity contribution in [2.75, 3.05) is 7.05 Å². The summed E-state index contributed by atoms with van der Waals surface area (Å²) in [6, 6.07) is 3.51. The molecule has 0 radical (unpaired) electrons. The molecular weight excluding hydrogens is 224 g/mol. The van der Waals surface area contributed by atoms with E-state index in [9.17, 15) is 0 Å². The molecule has 1 aliphatic carbocycles. The van der Waals surface area contributed by atoms with Crippen LogP contribution < -0.4 is 5.32 Å². The monoisotopic (exact) mass is 250 g/mol. The lowest BCUT2D eigenvalue weighted by Crippen LogP contribution is -2.32. The van der Waals surface area contributed by atoms with Crippen LogP contribution in [0.2, 0.25) is 0 Å². The van der Waals surface area contributed by atoms with Gasteiger partial charge in [0.1, 0.15) is 5.76 Å². The molecule has 0 aromatic carbocycles. The van der Waals surface area contributed by atoms with Gasteiger partial charge in [-0.2, -0.15) is 0 Å². The van der Waals surface area contributed by atoms with E-state index in [0.29, 0.717) is 12.0 Å². The van der Waals surface area contributed by atoms with Crippen LogP contribution in [0.25, 0.3) is 0 Å². The summed E-state index contributed by atoms with van der Waals surface area (Å²) in [5, 5.41) is 3.51. The van der Waals surface area contributed by atoms with Crippen molar-refractivity contribution in [1.29, 1.82) is 0 Å². The van der Waals surface area contributed by atoms with E-state index in [1.807, 2.05) is 6.26 Å². The topological polar surface area (TPSA) is 28.4 Å². The molecule has 3 heteroatoms. The maximum Gasteiger partial charge on any atom is 0.118 e. The Labute approximate surface area is 111 Å². The van der Waals surface area contributed by atoms with Gasteiger partial charge >= 0.3 is 0 Å². The average molecular weight is 250 g/mol. The Morgan fingerprint density at radius 2 is 2.11 bits per heavy atom. The molecule has 1 heterocycles. The van der Waals surface area contributed by atoms with Crippen molar-refractivity contribution in [3.8, 4) is 0 Å². The number of hydrogen-bond donors (Lipinski definition) is 1. The minimum absolute atomic E-state index is 0.572. The molecule has 0 saturated heterocycles. The highest BCUT2D eigenvalue weighted by atomic mass is 16.3. The van der Waals surface area contributed by atoms with E-state index < -0.39 is 0 Å². The maximum absolute atomic E-state index is 5.64. The van der Waals surface area contributed by atoms with Gasteiger partial charge in [-0.3, -0.25) is 4.90 Å². The fraction of sp³-hybridized carbons (Fsp3) is 0.733. The van der Waals surface area contributed by atoms with Crippen molar-refractivity contribution < 1.29 is 4.42 Å². The first-order valence-corrected chi connectivity index (χ1v) is 7.06. The first-order valence-electron chi connectivity index (χ1n) is 7.06. The molecular formula is C15H26N2O.